The van der Waals surface area contributed by atoms with E-state index in [2.05, 4.69) is 5.32 Å². The molecule has 0 aliphatic carbocycles. The Morgan fingerprint density at radius 2 is 1.83 bits per heavy atom. The van der Waals surface area contributed by atoms with Crippen LogP contribution in [0.15, 0.2) is 36.4 Å². The monoisotopic (exact) mass is 314 g/mol. The van der Waals surface area contributed by atoms with Gasteiger partial charge in [0.1, 0.15) is 6.04 Å². The van der Waals surface area contributed by atoms with Gasteiger partial charge in [0.15, 0.2) is 0 Å². The summed E-state index contributed by atoms with van der Waals surface area (Å²) in [5.41, 5.74) is 7.07. The largest absolute Gasteiger partial charge is 0.467 e. The lowest BCUT2D eigenvalue weighted by molar-refractivity contribution is -0.144. The second kappa shape index (κ2) is 7.13. The number of hydrogen-bond acceptors (Lipinski definition) is 4. The summed E-state index contributed by atoms with van der Waals surface area (Å²) in [6.07, 6.45) is 0.753. The van der Waals surface area contributed by atoms with Crippen LogP contribution >= 0.6 is 0 Å². The van der Waals surface area contributed by atoms with Gasteiger partial charge in [-0.25, -0.2) is 4.79 Å². The maximum atomic E-state index is 12.7. The average molecular weight is 314 g/mol. The Kier molecular flexibility index (Phi) is 5.21. The molecule has 0 heterocycles. The Morgan fingerprint density at radius 1 is 1.17 bits per heavy atom. The molecule has 0 spiro atoms. The van der Waals surface area contributed by atoms with Crippen LogP contribution < -0.4 is 11.1 Å². The summed E-state index contributed by atoms with van der Waals surface area (Å²) in [5.74, 6) is -0.768. The number of nitrogens with two attached hydrogens (primary N) is 1. The number of esters is 1. The van der Waals surface area contributed by atoms with Gasteiger partial charge in [0.25, 0.3) is 5.91 Å². The number of nitrogen functional groups attached to an aromatic ring is 1. The van der Waals surface area contributed by atoms with Crippen molar-refractivity contribution in [3.63, 3.8) is 0 Å². The van der Waals surface area contributed by atoms with E-state index in [1.165, 1.54) is 7.11 Å². The lowest BCUT2D eigenvalue weighted by Gasteiger charge is -2.22. The smallest absolute Gasteiger partial charge is 0.328 e. The molecule has 2 rings (SSSR count). The molecule has 1 amide bonds. The minimum absolute atomic E-state index is 0.0218. The molecule has 5 nitrogen and oxygen atoms in total. The highest BCUT2D eigenvalue weighted by Gasteiger charge is 2.27. The van der Waals surface area contributed by atoms with E-state index in [1.54, 1.807) is 12.1 Å². The highest BCUT2D eigenvalue weighted by atomic mass is 16.5. The number of methoxy groups -OCH3 is 1. The zero-order valence-corrected chi connectivity index (χ0v) is 13.6. The van der Waals surface area contributed by atoms with Crippen LogP contribution in [0.5, 0.6) is 0 Å². The van der Waals surface area contributed by atoms with Crippen LogP contribution in [0.2, 0.25) is 0 Å². The molecule has 2 unspecified atom stereocenters. The highest BCUT2D eigenvalue weighted by Crippen LogP contribution is 2.24. The van der Waals surface area contributed by atoms with Crippen LogP contribution in [-0.4, -0.2) is 25.0 Å². The number of ether oxygens (including phenoxy) is 1. The molecule has 0 aliphatic heterocycles. The van der Waals surface area contributed by atoms with Gasteiger partial charge in [-0.2, -0.15) is 0 Å². The SMILES string of the molecule is CCC(C)C(NC(=O)c1ccc(N)c2ccccc12)C(=O)OC. The fourth-order valence-electron chi connectivity index (χ4n) is 2.54. The van der Waals surface area contributed by atoms with Crippen LogP contribution in [0, 0.1) is 5.92 Å². The number of carbonyl (C=O) groups excluding carboxylic acids is 2. The summed E-state index contributed by atoms with van der Waals surface area (Å²) < 4.78 is 4.81. The van der Waals surface area contributed by atoms with Gasteiger partial charge in [-0.15, -0.1) is 0 Å². The number of carbonyl (C=O) groups is 2. The summed E-state index contributed by atoms with van der Waals surface area (Å²) >= 11 is 0. The molecule has 0 bridgehead atoms. The van der Waals surface area contributed by atoms with Gasteiger partial charge in [-0.1, -0.05) is 44.5 Å². The molecular formula is C18H22N2O3. The van der Waals surface area contributed by atoms with Gasteiger partial charge in [0.05, 0.1) is 7.11 Å². The molecule has 122 valence electrons. The average Bonchev–Trinajstić information content (AvgIpc) is 2.58. The summed E-state index contributed by atoms with van der Waals surface area (Å²) in [6, 6.07) is 10.1. The maximum Gasteiger partial charge on any atom is 0.328 e. The fourth-order valence-corrected chi connectivity index (χ4v) is 2.54. The maximum absolute atomic E-state index is 12.7. The van der Waals surface area contributed by atoms with E-state index in [0.717, 1.165) is 17.2 Å². The third-order valence-corrected chi connectivity index (χ3v) is 4.16. The topological polar surface area (TPSA) is 81.4 Å². The predicted octanol–water partition coefficient (Wildman–Crippen LogP) is 2.74. The Bertz CT molecular complexity index is 727. The molecule has 0 aliphatic rings. The summed E-state index contributed by atoms with van der Waals surface area (Å²) in [7, 11) is 1.32. The number of hydrogen-bond donors (Lipinski definition) is 2. The third kappa shape index (κ3) is 3.44. The van der Waals surface area contributed by atoms with Gasteiger partial charge in [0.2, 0.25) is 0 Å². The minimum Gasteiger partial charge on any atom is -0.467 e. The number of benzene rings is 2. The van der Waals surface area contributed by atoms with E-state index < -0.39 is 12.0 Å². The first-order chi connectivity index (χ1) is 11.0. The molecule has 23 heavy (non-hydrogen) atoms. The van der Waals surface area contributed by atoms with Crippen molar-refractivity contribution in [3.05, 3.63) is 42.0 Å². The number of fused-ring (bicyclic) bond motifs is 1. The standard InChI is InChI=1S/C18H22N2O3/c1-4-11(2)16(18(22)23-3)20-17(21)14-9-10-15(19)13-8-6-5-7-12(13)14/h5-11,16H,4,19H2,1-3H3,(H,20,21). The Morgan fingerprint density at radius 3 is 2.43 bits per heavy atom. The first-order valence-electron chi connectivity index (χ1n) is 7.65. The molecule has 3 N–H and O–H groups in total. The van der Waals surface area contributed by atoms with Crippen molar-refractivity contribution in [2.24, 2.45) is 5.92 Å². The molecule has 0 saturated carbocycles. The zero-order valence-electron chi connectivity index (χ0n) is 13.6. The van der Waals surface area contributed by atoms with Crippen molar-refractivity contribution in [3.8, 4) is 0 Å². The van der Waals surface area contributed by atoms with Crippen molar-refractivity contribution in [1.82, 2.24) is 5.32 Å². The number of rotatable bonds is 5. The number of nitrogens with one attached hydrogen (secondary N) is 1. The Balaban J connectivity index is 2.37. The molecule has 0 fully saturated rings. The summed E-state index contributed by atoms with van der Waals surface area (Å²) in [6.45, 7) is 3.87. The molecular weight excluding hydrogens is 292 g/mol. The van der Waals surface area contributed by atoms with Crippen molar-refractivity contribution in [2.75, 3.05) is 12.8 Å². The van der Waals surface area contributed by atoms with Crippen LogP contribution in [0.25, 0.3) is 10.8 Å². The van der Waals surface area contributed by atoms with Gasteiger partial charge in [-0.05, 0) is 23.4 Å². The van der Waals surface area contributed by atoms with E-state index >= 15 is 0 Å². The van der Waals surface area contributed by atoms with Crippen LogP contribution in [0.4, 0.5) is 5.69 Å². The first kappa shape index (κ1) is 16.8. The van der Waals surface area contributed by atoms with E-state index in [1.807, 2.05) is 38.1 Å². The predicted molar refractivity (Wildman–Crippen MR) is 91.1 cm³/mol. The molecule has 0 saturated heterocycles. The van der Waals surface area contributed by atoms with Crippen LogP contribution in [-0.2, 0) is 9.53 Å². The van der Waals surface area contributed by atoms with E-state index in [4.69, 9.17) is 10.5 Å². The molecule has 0 aromatic heterocycles. The quantitative estimate of drug-likeness (QED) is 0.657. The lowest BCUT2D eigenvalue weighted by atomic mass is 9.97. The van der Waals surface area contributed by atoms with Crippen molar-refractivity contribution < 1.29 is 14.3 Å². The van der Waals surface area contributed by atoms with Crippen molar-refractivity contribution in [2.45, 2.75) is 26.3 Å². The van der Waals surface area contributed by atoms with Crippen molar-refractivity contribution >= 4 is 28.3 Å². The third-order valence-electron chi connectivity index (χ3n) is 4.16. The van der Waals surface area contributed by atoms with E-state index in [0.29, 0.717) is 11.3 Å². The highest BCUT2D eigenvalue weighted by molar-refractivity contribution is 6.10. The lowest BCUT2D eigenvalue weighted by Crippen LogP contribution is -2.45. The zero-order chi connectivity index (χ0) is 17.0. The Labute approximate surface area is 135 Å². The van der Waals surface area contributed by atoms with E-state index in [9.17, 15) is 9.59 Å². The first-order valence-corrected chi connectivity index (χ1v) is 7.65. The van der Waals surface area contributed by atoms with Crippen molar-refractivity contribution in [1.29, 1.82) is 0 Å². The second-order valence-electron chi connectivity index (χ2n) is 5.61. The van der Waals surface area contributed by atoms with Crippen LogP contribution in [0.3, 0.4) is 0 Å². The summed E-state index contributed by atoms with van der Waals surface area (Å²) in [5, 5.41) is 4.37. The van der Waals surface area contributed by atoms with Crippen LogP contribution in [0.1, 0.15) is 30.6 Å². The van der Waals surface area contributed by atoms with Gasteiger partial charge >= 0.3 is 5.97 Å². The molecule has 2 aromatic rings. The molecule has 2 aromatic carbocycles. The second-order valence-corrected chi connectivity index (χ2v) is 5.61. The number of amides is 1. The summed E-state index contributed by atoms with van der Waals surface area (Å²) in [4.78, 5) is 24.6. The molecule has 0 radical (unpaired) electrons. The Hall–Kier alpha value is -2.56. The normalized spacial score (nSPS) is 13.3. The molecule has 2 atom stereocenters. The fraction of sp³-hybridized carbons (Fsp3) is 0.333. The van der Waals surface area contributed by atoms with Gasteiger partial charge < -0.3 is 15.8 Å². The van der Waals surface area contributed by atoms with Gasteiger partial charge in [0, 0.05) is 16.6 Å². The minimum atomic E-state index is -0.672. The number of anilines is 1. The van der Waals surface area contributed by atoms with E-state index in [-0.39, 0.29) is 11.8 Å². The molecule has 5 heteroatoms. The van der Waals surface area contributed by atoms with Gasteiger partial charge in [-0.3, -0.25) is 4.79 Å².